The molecule has 1 aliphatic heterocycles. The van der Waals surface area contributed by atoms with Gasteiger partial charge in [0.05, 0.1) is 34.0 Å². The number of nitrogens with zero attached hydrogens (tertiary/aromatic N) is 3. The molecule has 0 radical (unpaired) electrons. The van der Waals surface area contributed by atoms with Crippen LogP contribution in [0.1, 0.15) is 12.5 Å². The Labute approximate surface area is 191 Å². The van der Waals surface area contributed by atoms with Gasteiger partial charge in [0.2, 0.25) is 20.0 Å². The first kappa shape index (κ1) is 23.2. The minimum Gasteiger partial charge on any atom is -0.379 e. The third kappa shape index (κ3) is 4.70. The Hall–Kier alpha value is -1.96. The number of thioether (sulfide) groups is 1. The predicted molar refractivity (Wildman–Crippen MR) is 122 cm³/mol. The zero-order valence-corrected chi connectivity index (χ0v) is 19.9. The van der Waals surface area contributed by atoms with E-state index in [9.17, 15) is 16.8 Å². The zero-order valence-electron chi connectivity index (χ0n) is 17.5. The van der Waals surface area contributed by atoms with Crippen LogP contribution in [0.2, 0.25) is 0 Å². The summed E-state index contributed by atoms with van der Waals surface area (Å²) in [5, 5.41) is 5.95. The molecular formula is C20H24N4O5S3. The van der Waals surface area contributed by atoms with Crippen molar-refractivity contribution in [3.63, 3.8) is 0 Å². The number of rotatable bonds is 7. The van der Waals surface area contributed by atoms with Gasteiger partial charge in [0.1, 0.15) is 0 Å². The molecule has 0 spiro atoms. The van der Waals surface area contributed by atoms with Crippen LogP contribution < -0.4 is 5.14 Å². The first-order chi connectivity index (χ1) is 15.2. The zero-order chi connectivity index (χ0) is 22.9. The molecule has 0 atom stereocenters. The van der Waals surface area contributed by atoms with Crippen molar-refractivity contribution in [1.29, 1.82) is 0 Å². The molecule has 1 aliphatic rings. The maximum atomic E-state index is 12.9. The van der Waals surface area contributed by atoms with Gasteiger partial charge in [0.15, 0.2) is 5.16 Å². The normalized spacial score (nSPS) is 15.9. The van der Waals surface area contributed by atoms with Gasteiger partial charge in [0, 0.05) is 25.4 Å². The van der Waals surface area contributed by atoms with Gasteiger partial charge in [-0.2, -0.15) is 4.31 Å². The highest BCUT2D eigenvalue weighted by atomic mass is 32.2. The summed E-state index contributed by atoms with van der Waals surface area (Å²) < 4.78 is 57.9. The molecule has 9 nitrogen and oxygen atoms in total. The molecule has 0 unspecified atom stereocenters. The van der Waals surface area contributed by atoms with E-state index in [4.69, 9.17) is 9.88 Å². The molecule has 12 heteroatoms. The van der Waals surface area contributed by atoms with Gasteiger partial charge >= 0.3 is 0 Å². The molecule has 3 aromatic rings. The third-order valence-electron chi connectivity index (χ3n) is 5.20. The second-order valence-electron chi connectivity index (χ2n) is 7.29. The van der Waals surface area contributed by atoms with Crippen LogP contribution >= 0.6 is 11.8 Å². The molecule has 4 rings (SSSR count). The number of aromatic nitrogens is 2. The number of imidazole rings is 1. The number of morpholine rings is 1. The van der Waals surface area contributed by atoms with E-state index in [1.807, 2.05) is 17.6 Å². The average Bonchev–Trinajstić information content (AvgIpc) is 3.14. The number of fused-ring (bicyclic) bond motifs is 1. The van der Waals surface area contributed by atoms with Gasteiger partial charge in [-0.25, -0.2) is 27.0 Å². The molecule has 0 amide bonds. The van der Waals surface area contributed by atoms with Crippen LogP contribution in [0.15, 0.2) is 57.4 Å². The van der Waals surface area contributed by atoms with Crippen molar-refractivity contribution in [2.24, 2.45) is 5.14 Å². The molecule has 2 heterocycles. The molecule has 2 N–H and O–H groups in total. The maximum absolute atomic E-state index is 12.9. The van der Waals surface area contributed by atoms with Crippen molar-refractivity contribution >= 4 is 42.8 Å². The monoisotopic (exact) mass is 496 g/mol. The minimum atomic E-state index is -3.81. The first-order valence-electron chi connectivity index (χ1n) is 10.0. The smallest absolute Gasteiger partial charge is 0.243 e. The van der Waals surface area contributed by atoms with E-state index >= 15 is 0 Å². The molecule has 1 saturated heterocycles. The van der Waals surface area contributed by atoms with Crippen LogP contribution in [0.4, 0.5) is 0 Å². The van der Waals surface area contributed by atoms with Crippen molar-refractivity contribution in [2.45, 2.75) is 34.2 Å². The Morgan fingerprint density at radius 2 is 1.81 bits per heavy atom. The Bertz CT molecular complexity index is 1350. The second-order valence-corrected chi connectivity index (χ2v) is 11.7. The lowest BCUT2D eigenvalue weighted by Crippen LogP contribution is -2.40. The Balaban J connectivity index is 1.58. The summed E-state index contributed by atoms with van der Waals surface area (Å²) in [6.07, 6.45) is 0. The van der Waals surface area contributed by atoms with Crippen LogP contribution in [0.3, 0.4) is 0 Å². The van der Waals surface area contributed by atoms with Gasteiger partial charge in [0.25, 0.3) is 0 Å². The largest absolute Gasteiger partial charge is 0.379 e. The Morgan fingerprint density at radius 3 is 2.50 bits per heavy atom. The van der Waals surface area contributed by atoms with Crippen LogP contribution in [-0.2, 0) is 37.1 Å². The van der Waals surface area contributed by atoms with Crippen molar-refractivity contribution < 1.29 is 21.6 Å². The summed E-state index contributed by atoms with van der Waals surface area (Å²) in [4.78, 5) is 4.86. The summed E-state index contributed by atoms with van der Waals surface area (Å²) in [7, 11) is -7.38. The molecule has 1 aromatic heterocycles. The van der Waals surface area contributed by atoms with Gasteiger partial charge in [-0.1, -0.05) is 23.9 Å². The summed E-state index contributed by atoms with van der Waals surface area (Å²) in [5.74, 6) is 0.512. The second kappa shape index (κ2) is 9.12. The van der Waals surface area contributed by atoms with Crippen LogP contribution in [-0.4, -0.2) is 57.0 Å². The molecular weight excluding hydrogens is 472 g/mol. The van der Waals surface area contributed by atoms with Gasteiger partial charge in [-0.15, -0.1) is 0 Å². The number of ether oxygens (including phenoxy) is 1. The molecule has 0 bridgehead atoms. The molecule has 0 saturated carbocycles. The lowest BCUT2D eigenvalue weighted by Gasteiger charge is -2.26. The van der Waals surface area contributed by atoms with E-state index in [-0.39, 0.29) is 9.79 Å². The lowest BCUT2D eigenvalue weighted by molar-refractivity contribution is 0.0730. The summed E-state index contributed by atoms with van der Waals surface area (Å²) >= 11 is 1.46. The number of hydrogen-bond acceptors (Lipinski definition) is 7. The van der Waals surface area contributed by atoms with Crippen LogP contribution in [0.25, 0.3) is 11.0 Å². The van der Waals surface area contributed by atoms with E-state index in [0.717, 1.165) is 16.2 Å². The molecule has 2 aromatic carbocycles. The van der Waals surface area contributed by atoms with Crippen molar-refractivity contribution in [1.82, 2.24) is 13.9 Å². The molecule has 1 fully saturated rings. The number of nitrogens with two attached hydrogens (primary N) is 1. The highest BCUT2D eigenvalue weighted by Crippen LogP contribution is 2.29. The Morgan fingerprint density at radius 1 is 1.06 bits per heavy atom. The standard InChI is InChI=1S/C20H24N4O5S3/c1-2-24-19-7-6-16(31(21,25)26)13-18(19)22-20(24)30-14-15-4-3-5-17(12-15)32(27,28)23-8-10-29-11-9-23/h3-7,12-13H,2,8-11,14H2,1H3,(H2,21,25,26). The van der Waals surface area contributed by atoms with Crippen LogP contribution in [0, 0.1) is 0 Å². The number of benzene rings is 2. The summed E-state index contributed by atoms with van der Waals surface area (Å²) in [5.41, 5.74) is 2.21. The SMILES string of the molecule is CCn1c(SCc2cccc(S(=O)(=O)N3CCOCC3)c2)nc2cc(S(N)(=O)=O)ccc21. The van der Waals surface area contributed by atoms with Crippen molar-refractivity contribution in [2.75, 3.05) is 26.3 Å². The highest BCUT2D eigenvalue weighted by Gasteiger charge is 2.26. The fourth-order valence-corrected chi connectivity index (χ4v) is 6.59. The number of sulfonamides is 2. The minimum absolute atomic E-state index is 0.0170. The molecule has 172 valence electrons. The average molecular weight is 497 g/mol. The van der Waals surface area contributed by atoms with Gasteiger partial charge < -0.3 is 9.30 Å². The van der Waals surface area contributed by atoms with Crippen molar-refractivity contribution in [3.8, 4) is 0 Å². The highest BCUT2D eigenvalue weighted by molar-refractivity contribution is 7.98. The van der Waals surface area contributed by atoms with Gasteiger partial charge in [-0.05, 0) is 42.8 Å². The Kier molecular flexibility index (Phi) is 6.61. The van der Waals surface area contributed by atoms with Crippen molar-refractivity contribution in [3.05, 3.63) is 48.0 Å². The van der Waals surface area contributed by atoms with Crippen LogP contribution in [0.5, 0.6) is 0 Å². The fraction of sp³-hybridized carbons (Fsp3) is 0.350. The number of aryl methyl sites for hydroxylation is 1. The number of primary sulfonamides is 1. The van der Waals surface area contributed by atoms with E-state index < -0.39 is 20.0 Å². The summed E-state index contributed by atoms with van der Waals surface area (Å²) in [6, 6.07) is 11.6. The summed E-state index contributed by atoms with van der Waals surface area (Å²) in [6.45, 7) is 4.13. The molecule has 0 aliphatic carbocycles. The lowest BCUT2D eigenvalue weighted by atomic mass is 10.2. The fourth-order valence-electron chi connectivity index (χ4n) is 3.56. The van der Waals surface area contributed by atoms with E-state index in [0.29, 0.717) is 44.1 Å². The van der Waals surface area contributed by atoms with E-state index in [2.05, 4.69) is 4.98 Å². The predicted octanol–water partition coefficient (Wildman–Crippen LogP) is 2.02. The number of hydrogen-bond donors (Lipinski definition) is 1. The maximum Gasteiger partial charge on any atom is 0.243 e. The molecule has 32 heavy (non-hydrogen) atoms. The van der Waals surface area contributed by atoms with E-state index in [1.54, 1.807) is 24.3 Å². The van der Waals surface area contributed by atoms with E-state index in [1.165, 1.54) is 28.2 Å². The topological polar surface area (TPSA) is 125 Å². The first-order valence-corrected chi connectivity index (χ1v) is 14.0. The van der Waals surface area contributed by atoms with Gasteiger partial charge in [-0.3, -0.25) is 0 Å². The quantitative estimate of drug-likeness (QED) is 0.496. The third-order valence-corrected chi connectivity index (χ3v) is 9.06.